The van der Waals surface area contributed by atoms with Crippen LogP contribution in [-0.4, -0.2) is 19.3 Å². The first-order valence-electron chi connectivity index (χ1n) is 5.18. The Morgan fingerprint density at radius 3 is 2.57 bits per heavy atom. The summed E-state index contributed by atoms with van der Waals surface area (Å²) >= 11 is 0. The van der Waals surface area contributed by atoms with Crippen molar-refractivity contribution in [3.05, 3.63) is 0 Å². The summed E-state index contributed by atoms with van der Waals surface area (Å²) in [6.45, 7) is 4.00. The zero-order valence-corrected chi connectivity index (χ0v) is 9.47. The smallest absolute Gasteiger partial charge is 0.0737 e. The average Bonchev–Trinajstić information content (AvgIpc) is 2.22. The van der Waals surface area contributed by atoms with Crippen molar-refractivity contribution in [2.75, 3.05) is 7.11 Å². The molecule has 0 aliphatic heterocycles. The highest BCUT2D eigenvalue weighted by Crippen LogP contribution is 2.10. The molecule has 0 aromatic heterocycles. The molecule has 0 rings (SSSR count). The molecule has 2 atom stereocenters. The quantitative estimate of drug-likeness (QED) is 0.370. The molecule has 0 saturated carbocycles. The van der Waals surface area contributed by atoms with Crippen LogP contribution in [0, 0.1) is 11.8 Å². The van der Waals surface area contributed by atoms with Gasteiger partial charge in [0.1, 0.15) is 0 Å². The van der Waals surface area contributed by atoms with Gasteiger partial charge in [0.15, 0.2) is 0 Å². The zero-order valence-electron chi connectivity index (χ0n) is 9.47. The van der Waals surface area contributed by atoms with E-state index < -0.39 is 0 Å². The van der Waals surface area contributed by atoms with E-state index in [0.717, 1.165) is 25.7 Å². The Bertz CT molecular complexity index is 183. The fraction of sp³-hybridized carbons (Fsp3) is 0.818. The van der Waals surface area contributed by atoms with Crippen LogP contribution in [0.1, 0.15) is 39.5 Å². The van der Waals surface area contributed by atoms with Gasteiger partial charge in [0.25, 0.3) is 0 Å². The van der Waals surface area contributed by atoms with Crippen LogP contribution in [0.4, 0.5) is 0 Å². The summed E-state index contributed by atoms with van der Waals surface area (Å²) in [5.74, 6) is 11.4. The highest BCUT2D eigenvalue weighted by Gasteiger charge is 2.18. The van der Waals surface area contributed by atoms with E-state index in [4.69, 9.17) is 10.6 Å². The van der Waals surface area contributed by atoms with E-state index in [2.05, 4.69) is 24.2 Å². The number of hydrogen-bond donors (Lipinski definition) is 2. The van der Waals surface area contributed by atoms with Gasteiger partial charge in [-0.15, -0.1) is 11.8 Å². The van der Waals surface area contributed by atoms with Crippen molar-refractivity contribution >= 4 is 0 Å². The minimum Gasteiger partial charge on any atom is -0.380 e. The second-order valence-corrected chi connectivity index (χ2v) is 3.30. The van der Waals surface area contributed by atoms with Crippen molar-refractivity contribution in [3.63, 3.8) is 0 Å². The molecular formula is C11H22N2O. The third kappa shape index (κ3) is 5.23. The maximum atomic E-state index is 5.48. The van der Waals surface area contributed by atoms with Gasteiger partial charge in [-0.2, -0.15) is 0 Å². The van der Waals surface area contributed by atoms with Crippen molar-refractivity contribution < 1.29 is 4.74 Å². The number of nitrogens with two attached hydrogens (primary N) is 1. The van der Waals surface area contributed by atoms with Gasteiger partial charge >= 0.3 is 0 Å². The molecule has 0 bridgehead atoms. The van der Waals surface area contributed by atoms with Crippen LogP contribution in [0.5, 0.6) is 0 Å². The van der Waals surface area contributed by atoms with Crippen molar-refractivity contribution in [1.29, 1.82) is 0 Å². The lowest BCUT2D eigenvalue weighted by Gasteiger charge is -2.24. The molecule has 14 heavy (non-hydrogen) atoms. The summed E-state index contributed by atoms with van der Waals surface area (Å²) in [6, 6.07) is 0.209. The molecule has 0 saturated heterocycles. The van der Waals surface area contributed by atoms with Crippen molar-refractivity contribution in [3.8, 4) is 11.8 Å². The Balaban J connectivity index is 3.97. The number of hydrogen-bond acceptors (Lipinski definition) is 3. The number of methoxy groups -OCH3 is 1. The summed E-state index contributed by atoms with van der Waals surface area (Å²) in [5, 5.41) is 0. The molecule has 3 nitrogen and oxygen atoms in total. The standard InChI is InChI=1S/C11H22N2O/c1-4-6-7-9-10(13-12)11(14-3)8-5-2/h10-11,13H,5,7-9,12H2,1-3H3. The molecule has 0 spiro atoms. The van der Waals surface area contributed by atoms with Crippen LogP contribution in [0.3, 0.4) is 0 Å². The Labute approximate surface area is 87.4 Å². The molecule has 2 unspecified atom stereocenters. The molecule has 0 radical (unpaired) electrons. The number of hydrazine groups is 1. The van der Waals surface area contributed by atoms with Gasteiger partial charge in [0, 0.05) is 19.6 Å². The zero-order chi connectivity index (χ0) is 10.8. The summed E-state index contributed by atoms with van der Waals surface area (Å²) in [6.07, 6.45) is 4.15. The minimum atomic E-state index is 0.198. The fourth-order valence-electron chi connectivity index (χ4n) is 1.50. The molecule has 0 amide bonds. The number of ether oxygens (including phenoxy) is 1. The van der Waals surface area contributed by atoms with Gasteiger partial charge in [-0.25, -0.2) is 0 Å². The summed E-state index contributed by atoms with van der Waals surface area (Å²) in [4.78, 5) is 0. The highest BCUT2D eigenvalue weighted by atomic mass is 16.5. The monoisotopic (exact) mass is 198 g/mol. The van der Waals surface area contributed by atoms with Gasteiger partial charge < -0.3 is 4.74 Å². The van der Waals surface area contributed by atoms with E-state index in [1.807, 2.05) is 6.92 Å². The van der Waals surface area contributed by atoms with Crippen LogP contribution in [-0.2, 0) is 4.74 Å². The van der Waals surface area contributed by atoms with Crippen LogP contribution in [0.2, 0.25) is 0 Å². The first-order valence-corrected chi connectivity index (χ1v) is 5.18. The molecule has 0 aliphatic rings. The lowest BCUT2D eigenvalue weighted by molar-refractivity contribution is 0.0586. The molecule has 0 aromatic carbocycles. The molecule has 0 fully saturated rings. The van der Waals surface area contributed by atoms with E-state index in [-0.39, 0.29) is 12.1 Å². The molecule has 82 valence electrons. The molecule has 0 aliphatic carbocycles. The van der Waals surface area contributed by atoms with Gasteiger partial charge in [-0.1, -0.05) is 13.3 Å². The summed E-state index contributed by atoms with van der Waals surface area (Å²) in [7, 11) is 1.73. The van der Waals surface area contributed by atoms with Gasteiger partial charge in [0.05, 0.1) is 6.10 Å². The maximum absolute atomic E-state index is 5.48. The SMILES string of the molecule is CC#CCCC(NN)C(CCC)OC. The Kier molecular flexibility index (Phi) is 8.65. The fourth-order valence-corrected chi connectivity index (χ4v) is 1.50. The van der Waals surface area contributed by atoms with E-state index in [1.165, 1.54) is 0 Å². The minimum absolute atomic E-state index is 0.198. The maximum Gasteiger partial charge on any atom is 0.0737 e. The van der Waals surface area contributed by atoms with Crippen molar-refractivity contribution in [1.82, 2.24) is 5.43 Å². The molecule has 3 heteroatoms. The topological polar surface area (TPSA) is 47.3 Å². The molecular weight excluding hydrogens is 176 g/mol. The second kappa shape index (κ2) is 9.01. The van der Waals surface area contributed by atoms with Crippen molar-refractivity contribution in [2.24, 2.45) is 5.84 Å². The summed E-state index contributed by atoms with van der Waals surface area (Å²) < 4.78 is 5.38. The first kappa shape index (κ1) is 13.4. The average molecular weight is 198 g/mol. The van der Waals surface area contributed by atoms with Crippen molar-refractivity contribution in [2.45, 2.75) is 51.7 Å². The highest BCUT2D eigenvalue weighted by molar-refractivity contribution is 4.96. The lowest BCUT2D eigenvalue weighted by Crippen LogP contribution is -2.44. The van der Waals surface area contributed by atoms with E-state index in [0.29, 0.717) is 0 Å². The third-order valence-corrected chi connectivity index (χ3v) is 2.30. The lowest BCUT2D eigenvalue weighted by atomic mass is 10.0. The Hall–Kier alpha value is -0.560. The second-order valence-electron chi connectivity index (χ2n) is 3.30. The Morgan fingerprint density at radius 1 is 1.43 bits per heavy atom. The summed E-state index contributed by atoms with van der Waals surface area (Å²) in [5.41, 5.74) is 2.80. The van der Waals surface area contributed by atoms with Gasteiger partial charge in [0.2, 0.25) is 0 Å². The van der Waals surface area contributed by atoms with Crippen LogP contribution >= 0.6 is 0 Å². The van der Waals surface area contributed by atoms with Gasteiger partial charge in [-0.3, -0.25) is 11.3 Å². The molecule has 0 aromatic rings. The van der Waals surface area contributed by atoms with E-state index in [1.54, 1.807) is 7.11 Å². The van der Waals surface area contributed by atoms with Crippen LogP contribution < -0.4 is 11.3 Å². The van der Waals surface area contributed by atoms with E-state index in [9.17, 15) is 0 Å². The number of nitrogens with one attached hydrogen (secondary N) is 1. The Morgan fingerprint density at radius 2 is 2.14 bits per heavy atom. The predicted octanol–water partition coefficient (Wildman–Crippen LogP) is 1.44. The van der Waals surface area contributed by atoms with Crippen LogP contribution in [0.25, 0.3) is 0 Å². The van der Waals surface area contributed by atoms with Crippen LogP contribution in [0.15, 0.2) is 0 Å². The largest absolute Gasteiger partial charge is 0.380 e. The molecule has 0 heterocycles. The molecule has 3 N–H and O–H groups in total. The normalized spacial score (nSPS) is 14.3. The number of rotatable bonds is 7. The predicted molar refractivity (Wildman–Crippen MR) is 59.5 cm³/mol. The third-order valence-electron chi connectivity index (χ3n) is 2.30. The van der Waals surface area contributed by atoms with Gasteiger partial charge in [-0.05, 0) is 19.8 Å². The van der Waals surface area contributed by atoms with E-state index >= 15 is 0 Å². The first-order chi connectivity index (χ1) is 6.79.